The predicted octanol–water partition coefficient (Wildman–Crippen LogP) is 21.9. The molecule has 9 heteroatoms. The molecule has 0 heterocycles. The number of hydrogen-bond donors (Lipinski definition) is 2. The van der Waals surface area contributed by atoms with Crippen molar-refractivity contribution in [1.29, 1.82) is 0 Å². The molecule has 0 rings (SSSR count). The van der Waals surface area contributed by atoms with Crippen molar-refractivity contribution in [3.05, 3.63) is 12.2 Å². The van der Waals surface area contributed by atoms with Gasteiger partial charge in [-0.1, -0.05) is 347 Å². The number of allylic oxidation sites excluding steroid dienone is 2. The van der Waals surface area contributed by atoms with Crippen LogP contribution in [0.25, 0.3) is 0 Å². The maximum absolute atomic E-state index is 13.1. The summed E-state index contributed by atoms with van der Waals surface area (Å²) in [6.45, 7) is 4.79. The minimum Gasteiger partial charge on any atom is -0.756 e. The highest BCUT2D eigenvalue weighted by atomic mass is 31.2. The van der Waals surface area contributed by atoms with Crippen LogP contribution in [-0.4, -0.2) is 68.5 Å². The number of carbonyl (C=O) groups excluding carboxylic acids is 1. The maximum atomic E-state index is 13.1. The standard InChI is InChI=1S/C70H141N2O6P/c1-6-8-10-12-14-16-18-20-22-24-26-28-30-32-34-36-38-40-42-44-46-48-50-52-54-56-58-60-62-64-70(74)71-68(67-78-79(75,76)77-66-65-72(3,4)5)69(73)63-61-59-57-55-53-51-49-47-45-43-41-39-37-35-33-31-29-27-25-23-21-19-17-15-13-11-9-7-2/h24,26,68-69,73H,6-23,25,27-67H2,1-5H3,(H-,71,74,75,76)/b26-24-. The van der Waals surface area contributed by atoms with Crippen LogP contribution >= 0.6 is 7.82 Å². The topological polar surface area (TPSA) is 108 Å². The highest BCUT2D eigenvalue weighted by molar-refractivity contribution is 7.45. The Morgan fingerprint density at radius 3 is 0.987 bits per heavy atom. The van der Waals surface area contributed by atoms with Gasteiger partial charge < -0.3 is 28.8 Å². The predicted molar refractivity (Wildman–Crippen MR) is 344 cm³/mol. The Labute approximate surface area is 494 Å². The Morgan fingerprint density at radius 2 is 0.696 bits per heavy atom. The molecule has 0 aliphatic carbocycles. The SMILES string of the molecule is CCCCCCCCCC/C=C\CCCCCCCCCCCCCCCCCCCC(=O)NC(COP(=O)([O-])OCC[N+](C)(C)C)C(O)CCCCCCCCCCCCCCCCCCCCCCCCCCCCCC. The molecule has 2 N–H and O–H groups in total. The fourth-order valence-corrected chi connectivity index (χ4v) is 11.9. The van der Waals surface area contributed by atoms with Gasteiger partial charge in [-0.25, -0.2) is 0 Å². The first-order valence-electron chi connectivity index (χ1n) is 35.5. The van der Waals surface area contributed by atoms with Crippen LogP contribution in [0.15, 0.2) is 12.2 Å². The van der Waals surface area contributed by atoms with Gasteiger partial charge in [0.2, 0.25) is 5.91 Å². The van der Waals surface area contributed by atoms with Crippen molar-refractivity contribution < 1.29 is 32.9 Å². The molecule has 0 spiro atoms. The van der Waals surface area contributed by atoms with E-state index in [9.17, 15) is 19.4 Å². The van der Waals surface area contributed by atoms with Crippen LogP contribution in [-0.2, 0) is 18.4 Å². The van der Waals surface area contributed by atoms with E-state index in [2.05, 4.69) is 31.3 Å². The van der Waals surface area contributed by atoms with Gasteiger partial charge in [0, 0.05) is 6.42 Å². The van der Waals surface area contributed by atoms with Crippen molar-refractivity contribution in [1.82, 2.24) is 5.32 Å². The van der Waals surface area contributed by atoms with Gasteiger partial charge in [0.15, 0.2) is 0 Å². The molecule has 0 bridgehead atoms. The third kappa shape index (κ3) is 64.7. The first-order chi connectivity index (χ1) is 38.5. The Morgan fingerprint density at radius 1 is 0.430 bits per heavy atom. The Balaban J connectivity index is 3.99. The van der Waals surface area contributed by atoms with Crippen LogP contribution in [0.1, 0.15) is 380 Å². The molecule has 1 amide bonds. The molecule has 8 nitrogen and oxygen atoms in total. The van der Waals surface area contributed by atoms with E-state index in [1.165, 1.54) is 315 Å². The fraction of sp³-hybridized carbons (Fsp3) is 0.957. The summed E-state index contributed by atoms with van der Waals surface area (Å²) in [6, 6.07) is -0.799. The van der Waals surface area contributed by atoms with Crippen LogP contribution in [0.5, 0.6) is 0 Å². The number of nitrogens with zero attached hydrogens (tertiary/aromatic N) is 1. The number of aliphatic hydroxyl groups is 1. The van der Waals surface area contributed by atoms with Crippen molar-refractivity contribution in [3.8, 4) is 0 Å². The zero-order valence-electron chi connectivity index (χ0n) is 54.1. The molecule has 3 unspecified atom stereocenters. The number of phosphoric acid groups is 1. The van der Waals surface area contributed by atoms with E-state index in [-0.39, 0.29) is 19.1 Å². The zero-order valence-corrected chi connectivity index (χ0v) is 55.0. The summed E-state index contributed by atoms with van der Waals surface area (Å²) in [6.07, 6.45) is 78.6. The quantitative estimate of drug-likeness (QED) is 0.0272. The van der Waals surface area contributed by atoms with Crippen LogP contribution in [0.2, 0.25) is 0 Å². The highest BCUT2D eigenvalue weighted by Crippen LogP contribution is 2.38. The lowest BCUT2D eigenvalue weighted by molar-refractivity contribution is -0.870. The smallest absolute Gasteiger partial charge is 0.268 e. The summed E-state index contributed by atoms with van der Waals surface area (Å²) in [4.78, 5) is 25.7. The average Bonchev–Trinajstić information content (AvgIpc) is 3.42. The number of rotatable bonds is 67. The van der Waals surface area contributed by atoms with E-state index < -0.39 is 20.0 Å². The zero-order chi connectivity index (χ0) is 57.7. The lowest BCUT2D eigenvalue weighted by Crippen LogP contribution is -2.46. The third-order valence-electron chi connectivity index (χ3n) is 16.8. The van der Waals surface area contributed by atoms with E-state index in [0.29, 0.717) is 23.9 Å². The summed E-state index contributed by atoms with van der Waals surface area (Å²) >= 11 is 0. The third-order valence-corrected chi connectivity index (χ3v) is 17.7. The monoisotopic (exact) mass is 1140 g/mol. The van der Waals surface area contributed by atoms with Gasteiger partial charge in [-0.3, -0.25) is 9.36 Å². The number of quaternary nitrogens is 1. The molecule has 0 aromatic carbocycles. The van der Waals surface area contributed by atoms with Crippen LogP contribution in [0, 0.1) is 0 Å². The summed E-state index contributed by atoms with van der Waals surface area (Å²) in [7, 11) is 1.33. The molecule has 0 radical (unpaired) electrons. The number of amides is 1. The molecule has 472 valence electrons. The van der Waals surface area contributed by atoms with Crippen molar-refractivity contribution in [2.75, 3.05) is 40.9 Å². The van der Waals surface area contributed by atoms with Gasteiger partial charge >= 0.3 is 0 Å². The van der Waals surface area contributed by atoms with E-state index in [4.69, 9.17) is 9.05 Å². The van der Waals surface area contributed by atoms with Crippen LogP contribution in [0.3, 0.4) is 0 Å². The van der Waals surface area contributed by atoms with Crippen molar-refractivity contribution in [2.24, 2.45) is 0 Å². The molecule has 0 aliphatic heterocycles. The average molecular weight is 1140 g/mol. The van der Waals surface area contributed by atoms with Crippen molar-refractivity contribution >= 4 is 13.7 Å². The van der Waals surface area contributed by atoms with Gasteiger partial charge in [0.25, 0.3) is 7.82 Å². The first-order valence-corrected chi connectivity index (χ1v) is 37.0. The van der Waals surface area contributed by atoms with Gasteiger partial charge in [0.1, 0.15) is 13.2 Å². The number of hydrogen-bond acceptors (Lipinski definition) is 6. The second-order valence-corrected chi connectivity index (χ2v) is 27.4. The minimum atomic E-state index is -4.58. The Hall–Kier alpha value is -0.760. The molecular formula is C70H141N2O6P. The molecule has 3 atom stereocenters. The molecule has 0 saturated heterocycles. The summed E-state index contributed by atoms with van der Waals surface area (Å²) in [5, 5.41) is 14.1. The lowest BCUT2D eigenvalue weighted by Gasteiger charge is -2.30. The molecule has 0 aliphatic rings. The second-order valence-electron chi connectivity index (χ2n) is 26.0. The molecule has 0 aromatic rings. The van der Waals surface area contributed by atoms with E-state index in [0.717, 1.165) is 38.5 Å². The van der Waals surface area contributed by atoms with E-state index in [1.807, 2.05) is 21.1 Å². The number of aliphatic hydroxyl groups excluding tert-OH is 1. The fourth-order valence-electron chi connectivity index (χ4n) is 11.2. The largest absolute Gasteiger partial charge is 0.756 e. The molecular weight excluding hydrogens is 996 g/mol. The van der Waals surface area contributed by atoms with E-state index in [1.54, 1.807) is 0 Å². The highest BCUT2D eigenvalue weighted by Gasteiger charge is 2.24. The van der Waals surface area contributed by atoms with Crippen molar-refractivity contribution in [3.63, 3.8) is 0 Å². The number of carbonyl (C=O) groups is 1. The number of likely N-dealkylation sites (N-methyl/N-ethyl adjacent to an activating group) is 1. The first kappa shape index (κ1) is 78.2. The van der Waals surface area contributed by atoms with E-state index >= 15 is 0 Å². The Bertz CT molecular complexity index is 1290. The normalized spacial score (nSPS) is 13.7. The maximum Gasteiger partial charge on any atom is 0.268 e. The summed E-state index contributed by atoms with van der Waals surface area (Å²) < 4.78 is 23.5. The molecule has 79 heavy (non-hydrogen) atoms. The number of unbranched alkanes of at least 4 members (excludes halogenated alkanes) is 52. The molecule has 0 fully saturated rings. The summed E-state index contributed by atoms with van der Waals surface area (Å²) in [5.41, 5.74) is 0. The van der Waals surface area contributed by atoms with Gasteiger partial charge in [-0.15, -0.1) is 0 Å². The number of phosphoric ester groups is 1. The van der Waals surface area contributed by atoms with Gasteiger partial charge in [-0.2, -0.15) is 0 Å². The molecule has 0 saturated carbocycles. The Kier molecular flexibility index (Phi) is 61.2. The van der Waals surface area contributed by atoms with Gasteiger partial charge in [0.05, 0.1) is 39.9 Å². The second kappa shape index (κ2) is 61.8. The van der Waals surface area contributed by atoms with Gasteiger partial charge in [-0.05, 0) is 38.5 Å². The lowest BCUT2D eigenvalue weighted by atomic mass is 10.0. The minimum absolute atomic E-state index is 0.0158. The van der Waals surface area contributed by atoms with Crippen LogP contribution in [0.4, 0.5) is 0 Å². The number of nitrogens with one attached hydrogen (secondary N) is 1. The van der Waals surface area contributed by atoms with Crippen molar-refractivity contribution in [2.45, 2.75) is 392 Å². The molecule has 0 aromatic heterocycles. The summed E-state index contributed by atoms with van der Waals surface area (Å²) in [5.74, 6) is -0.155. The van der Waals surface area contributed by atoms with Crippen LogP contribution < -0.4 is 10.2 Å².